The van der Waals surface area contributed by atoms with Gasteiger partial charge < -0.3 is 0 Å². The molecular formula is C11H21Br. The van der Waals surface area contributed by atoms with Crippen LogP contribution in [0.4, 0.5) is 0 Å². The lowest BCUT2D eigenvalue weighted by Crippen LogP contribution is -1.79. The first kappa shape index (κ1) is 12.2. The third-order valence-electron chi connectivity index (χ3n) is 1.99. The summed E-state index contributed by atoms with van der Waals surface area (Å²) < 4.78 is 0. The van der Waals surface area contributed by atoms with Crippen LogP contribution in [0, 0.1) is 0 Å². The van der Waals surface area contributed by atoms with Gasteiger partial charge in [0, 0.05) is 5.33 Å². The predicted octanol–water partition coefficient (Wildman–Crippen LogP) is 4.69. The number of halogens is 1. The lowest BCUT2D eigenvalue weighted by atomic mass is 10.1. The minimum atomic E-state index is 1.17. The molecule has 0 nitrogen and oxygen atoms in total. The topological polar surface area (TPSA) is 0 Å². The third-order valence-corrected chi connectivity index (χ3v) is 2.55. The Bertz CT molecular complexity index is 97.2. The summed E-state index contributed by atoms with van der Waals surface area (Å²) in [5.41, 5.74) is 0. The maximum Gasteiger partial charge on any atom is 0.00313 e. The molecule has 0 aromatic rings. The van der Waals surface area contributed by atoms with E-state index in [1.807, 2.05) is 0 Å². The second-order valence-electron chi connectivity index (χ2n) is 3.17. The van der Waals surface area contributed by atoms with Crippen LogP contribution in [0.5, 0.6) is 0 Å². The van der Waals surface area contributed by atoms with Gasteiger partial charge >= 0.3 is 0 Å². The molecule has 0 heterocycles. The van der Waals surface area contributed by atoms with Gasteiger partial charge in [-0.3, -0.25) is 0 Å². The van der Waals surface area contributed by atoms with Gasteiger partial charge in [0.05, 0.1) is 0 Å². The summed E-state index contributed by atoms with van der Waals surface area (Å²) in [6.07, 6.45) is 14.0. The number of unbranched alkanes of at least 4 members (excludes halogenated alkanes) is 6. The number of rotatable bonds is 8. The van der Waals surface area contributed by atoms with Crippen LogP contribution in [-0.4, -0.2) is 5.33 Å². The molecule has 0 atom stereocenters. The van der Waals surface area contributed by atoms with Crippen LogP contribution >= 0.6 is 15.9 Å². The summed E-state index contributed by atoms with van der Waals surface area (Å²) in [6, 6.07) is 0. The van der Waals surface area contributed by atoms with E-state index in [1.54, 1.807) is 0 Å². The number of allylic oxidation sites excluding steroid dienone is 2. The molecule has 72 valence electrons. The highest BCUT2D eigenvalue weighted by Crippen LogP contribution is 2.08. The van der Waals surface area contributed by atoms with Crippen LogP contribution in [0.1, 0.15) is 51.9 Å². The Balaban J connectivity index is 2.81. The Hall–Kier alpha value is 0.220. The highest BCUT2D eigenvalue weighted by Gasteiger charge is 1.88. The van der Waals surface area contributed by atoms with Crippen LogP contribution in [0.15, 0.2) is 12.2 Å². The van der Waals surface area contributed by atoms with Crippen molar-refractivity contribution < 1.29 is 0 Å². The van der Waals surface area contributed by atoms with E-state index in [2.05, 4.69) is 35.0 Å². The average Bonchev–Trinajstić information content (AvgIpc) is 2.10. The maximum atomic E-state index is 3.44. The smallest absolute Gasteiger partial charge is 0.00313 e. The van der Waals surface area contributed by atoms with Crippen molar-refractivity contribution >= 4 is 15.9 Å². The summed E-state index contributed by atoms with van der Waals surface area (Å²) in [5.74, 6) is 0. The molecule has 0 aliphatic rings. The lowest BCUT2D eigenvalue weighted by molar-refractivity contribution is 0.614. The SMILES string of the molecule is C/C=C\CCCCCCCCBr. The second-order valence-corrected chi connectivity index (χ2v) is 3.96. The number of hydrogen-bond acceptors (Lipinski definition) is 0. The van der Waals surface area contributed by atoms with Crippen molar-refractivity contribution in [3.8, 4) is 0 Å². The highest BCUT2D eigenvalue weighted by atomic mass is 79.9. The van der Waals surface area contributed by atoms with Gasteiger partial charge in [0.2, 0.25) is 0 Å². The first-order valence-corrected chi connectivity index (χ1v) is 6.21. The zero-order valence-corrected chi connectivity index (χ0v) is 9.78. The van der Waals surface area contributed by atoms with Crippen molar-refractivity contribution in [3.05, 3.63) is 12.2 Å². The van der Waals surface area contributed by atoms with Gasteiger partial charge in [-0.05, 0) is 26.2 Å². The molecule has 0 rings (SSSR count). The van der Waals surface area contributed by atoms with Gasteiger partial charge in [-0.2, -0.15) is 0 Å². The zero-order valence-electron chi connectivity index (χ0n) is 8.19. The molecular weight excluding hydrogens is 212 g/mol. The van der Waals surface area contributed by atoms with Crippen LogP contribution in [-0.2, 0) is 0 Å². The van der Waals surface area contributed by atoms with E-state index in [-0.39, 0.29) is 0 Å². The van der Waals surface area contributed by atoms with Crippen molar-refractivity contribution in [2.75, 3.05) is 5.33 Å². The molecule has 0 radical (unpaired) electrons. The fraction of sp³-hybridized carbons (Fsp3) is 0.818. The van der Waals surface area contributed by atoms with Crippen molar-refractivity contribution in [2.24, 2.45) is 0 Å². The minimum absolute atomic E-state index is 1.17. The van der Waals surface area contributed by atoms with E-state index >= 15 is 0 Å². The summed E-state index contributed by atoms with van der Waals surface area (Å²) in [6.45, 7) is 2.09. The highest BCUT2D eigenvalue weighted by molar-refractivity contribution is 9.09. The number of alkyl halides is 1. The molecule has 0 saturated heterocycles. The Morgan fingerprint density at radius 3 is 2.08 bits per heavy atom. The van der Waals surface area contributed by atoms with Crippen LogP contribution in [0.3, 0.4) is 0 Å². The van der Waals surface area contributed by atoms with E-state index in [0.29, 0.717) is 0 Å². The zero-order chi connectivity index (χ0) is 9.07. The van der Waals surface area contributed by atoms with E-state index in [1.165, 1.54) is 50.3 Å². The Morgan fingerprint density at radius 1 is 0.917 bits per heavy atom. The fourth-order valence-electron chi connectivity index (χ4n) is 1.23. The second kappa shape index (κ2) is 11.2. The largest absolute Gasteiger partial charge is 0.0928 e. The molecule has 0 aliphatic heterocycles. The third kappa shape index (κ3) is 10.2. The van der Waals surface area contributed by atoms with Gasteiger partial charge in [-0.15, -0.1) is 0 Å². The molecule has 0 fully saturated rings. The van der Waals surface area contributed by atoms with E-state index < -0.39 is 0 Å². The monoisotopic (exact) mass is 232 g/mol. The first-order valence-electron chi connectivity index (χ1n) is 5.09. The van der Waals surface area contributed by atoms with Crippen molar-refractivity contribution in [1.29, 1.82) is 0 Å². The molecule has 0 bridgehead atoms. The Labute approximate surface area is 85.6 Å². The predicted molar refractivity (Wildman–Crippen MR) is 60.9 cm³/mol. The standard InChI is InChI=1S/C11H21Br/c1-2-3-4-5-6-7-8-9-10-11-12/h2-3H,4-11H2,1H3/b3-2-. The summed E-state index contributed by atoms with van der Waals surface area (Å²) >= 11 is 3.44. The Kier molecular flexibility index (Phi) is 11.4. The van der Waals surface area contributed by atoms with Gasteiger partial charge in [0.1, 0.15) is 0 Å². The van der Waals surface area contributed by atoms with E-state index in [0.717, 1.165) is 0 Å². The Morgan fingerprint density at radius 2 is 1.50 bits per heavy atom. The molecule has 0 spiro atoms. The molecule has 0 amide bonds. The van der Waals surface area contributed by atoms with Crippen molar-refractivity contribution in [1.82, 2.24) is 0 Å². The average molecular weight is 233 g/mol. The fourth-order valence-corrected chi connectivity index (χ4v) is 1.63. The summed E-state index contributed by atoms with van der Waals surface area (Å²) in [4.78, 5) is 0. The van der Waals surface area contributed by atoms with E-state index in [4.69, 9.17) is 0 Å². The summed E-state index contributed by atoms with van der Waals surface area (Å²) in [5, 5.41) is 1.17. The minimum Gasteiger partial charge on any atom is -0.0928 e. The maximum absolute atomic E-state index is 3.44. The van der Waals surface area contributed by atoms with E-state index in [9.17, 15) is 0 Å². The summed E-state index contributed by atoms with van der Waals surface area (Å²) in [7, 11) is 0. The molecule has 0 saturated carbocycles. The molecule has 0 N–H and O–H groups in total. The normalized spacial score (nSPS) is 11.2. The molecule has 0 aromatic heterocycles. The van der Waals surface area contributed by atoms with Crippen molar-refractivity contribution in [2.45, 2.75) is 51.9 Å². The quantitative estimate of drug-likeness (QED) is 0.324. The van der Waals surface area contributed by atoms with Gasteiger partial charge in [-0.25, -0.2) is 0 Å². The van der Waals surface area contributed by atoms with Gasteiger partial charge in [0.15, 0.2) is 0 Å². The van der Waals surface area contributed by atoms with Crippen molar-refractivity contribution in [3.63, 3.8) is 0 Å². The molecule has 1 heteroatoms. The molecule has 12 heavy (non-hydrogen) atoms. The molecule has 0 unspecified atom stereocenters. The molecule has 0 aliphatic carbocycles. The number of hydrogen-bond donors (Lipinski definition) is 0. The van der Waals surface area contributed by atoms with Gasteiger partial charge in [0.25, 0.3) is 0 Å². The first-order chi connectivity index (χ1) is 5.91. The van der Waals surface area contributed by atoms with Crippen LogP contribution < -0.4 is 0 Å². The van der Waals surface area contributed by atoms with Crippen LogP contribution in [0.2, 0.25) is 0 Å². The van der Waals surface area contributed by atoms with Crippen LogP contribution in [0.25, 0.3) is 0 Å². The van der Waals surface area contributed by atoms with Gasteiger partial charge in [-0.1, -0.05) is 53.8 Å². The molecule has 0 aromatic carbocycles. The lowest BCUT2D eigenvalue weighted by Gasteiger charge is -1.98.